The minimum atomic E-state index is -3.49. The highest BCUT2D eigenvalue weighted by Gasteiger charge is 2.14. The van der Waals surface area contributed by atoms with Crippen LogP contribution in [0.5, 0.6) is 0 Å². The highest BCUT2D eigenvalue weighted by Crippen LogP contribution is 2.13. The third kappa shape index (κ3) is 6.44. The molecule has 2 aromatic rings. The number of halogens is 1. The van der Waals surface area contributed by atoms with Crippen LogP contribution in [-0.4, -0.2) is 20.4 Å². The molecule has 0 aliphatic heterocycles. The molecule has 2 N–H and O–H groups in total. The number of carbonyl (C=O) groups excluding carboxylic acids is 1. The van der Waals surface area contributed by atoms with Crippen LogP contribution < -0.4 is 10.0 Å². The number of benzene rings is 2. The summed E-state index contributed by atoms with van der Waals surface area (Å²) in [4.78, 5) is 12.2. The van der Waals surface area contributed by atoms with E-state index in [0.29, 0.717) is 24.4 Å². The second-order valence-corrected chi connectivity index (χ2v) is 8.47. The van der Waals surface area contributed by atoms with E-state index in [1.54, 1.807) is 50.2 Å². The zero-order chi connectivity index (χ0) is 19.2. The summed E-state index contributed by atoms with van der Waals surface area (Å²) in [7, 11) is -3.49. The minimum absolute atomic E-state index is 0.0573. The van der Waals surface area contributed by atoms with E-state index < -0.39 is 10.0 Å². The van der Waals surface area contributed by atoms with Crippen LogP contribution >= 0.6 is 11.6 Å². The Balaban J connectivity index is 1.83. The lowest BCUT2D eigenvalue weighted by molar-refractivity contribution is -0.121. The molecule has 7 heteroatoms. The lowest BCUT2D eigenvalue weighted by Gasteiger charge is -2.10. The lowest BCUT2D eigenvalue weighted by atomic mass is 10.1. The normalized spacial score (nSPS) is 11.5. The van der Waals surface area contributed by atoms with Crippen molar-refractivity contribution >= 4 is 27.5 Å². The number of carbonyl (C=O) groups is 1. The van der Waals surface area contributed by atoms with Gasteiger partial charge < -0.3 is 5.32 Å². The van der Waals surface area contributed by atoms with Crippen LogP contribution in [0.1, 0.15) is 31.4 Å². The molecular formula is C19H23ClN2O3S. The number of nitrogens with one attached hydrogen (secondary N) is 2. The molecule has 26 heavy (non-hydrogen) atoms. The van der Waals surface area contributed by atoms with Crippen molar-refractivity contribution in [2.75, 3.05) is 0 Å². The molecule has 2 rings (SSSR count). The first kappa shape index (κ1) is 20.4. The van der Waals surface area contributed by atoms with Crippen LogP contribution in [0, 0.1) is 0 Å². The van der Waals surface area contributed by atoms with Gasteiger partial charge in [0.2, 0.25) is 15.9 Å². The molecule has 5 nitrogen and oxygen atoms in total. The fourth-order valence-corrected chi connectivity index (χ4v) is 3.74. The van der Waals surface area contributed by atoms with Gasteiger partial charge >= 0.3 is 0 Å². The van der Waals surface area contributed by atoms with Crippen molar-refractivity contribution in [1.82, 2.24) is 10.0 Å². The Labute approximate surface area is 159 Å². The Bertz CT molecular complexity index is 832. The van der Waals surface area contributed by atoms with Gasteiger partial charge in [0.15, 0.2) is 0 Å². The van der Waals surface area contributed by atoms with Gasteiger partial charge in [-0.3, -0.25) is 4.79 Å². The van der Waals surface area contributed by atoms with E-state index in [4.69, 9.17) is 11.6 Å². The SMILES string of the molecule is CC(C)NS(=O)(=O)c1ccc(CCC(=O)NCc2ccc(Cl)cc2)cc1. The summed E-state index contributed by atoms with van der Waals surface area (Å²) in [6, 6.07) is 13.7. The van der Waals surface area contributed by atoms with Crippen LogP contribution in [0.15, 0.2) is 53.4 Å². The summed E-state index contributed by atoms with van der Waals surface area (Å²) >= 11 is 5.83. The highest BCUT2D eigenvalue weighted by atomic mass is 35.5. The highest BCUT2D eigenvalue weighted by molar-refractivity contribution is 7.89. The Morgan fingerprint density at radius 2 is 1.58 bits per heavy atom. The Kier molecular flexibility index (Phi) is 7.20. The van der Waals surface area contributed by atoms with Gasteiger partial charge in [0.1, 0.15) is 0 Å². The zero-order valence-corrected chi connectivity index (χ0v) is 16.4. The average Bonchev–Trinajstić information content (AvgIpc) is 2.59. The van der Waals surface area contributed by atoms with Crippen LogP contribution in [0.2, 0.25) is 5.02 Å². The maximum Gasteiger partial charge on any atom is 0.240 e. The molecule has 0 radical (unpaired) electrons. The number of rotatable bonds is 8. The molecule has 0 spiro atoms. The first-order valence-corrected chi connectivity index (χ1v) is 10.2. The van der Waals surface area contributed by atoms with E-state index in [-0.39, 0.29) is 16.8 Å². The summed E-state index contributed by atoms with van der Waals surface area (Å²) < 4.78 is 26.7. The molecule has 0 heterocycles. The first-order valence-electron chi connectivity index (χ1n) is 8.39. The molecule has 0 atom stereocenters. The smallest absolute Gasteiger partial charge is 0.240 e. The third-order valence-electron chi connectivity index (χ3n) is 3.67. The quantitative estimate of drug-likeness (QED) is 0.721. The fourth-order valence-electron chi connectivity index (χ4n) is 2.36. The third-order valence-corrected chi connectivity index (χ3v) is 5.59. The lowest BCUT2D eigenvalue weighted by Crippen LogP contribution is -2.30. The molecule has 0 aliphatic rings. The zero-order valence-electron chi connectivity index (χ0n) is 14.8. The first-order chi connectivity index (χ1) is 12.3. The fraction of sp³-hybridized carbons (Fsp3) is 0.316. The van der Waals surface area contributed by atoms with Crippen molar-refractivity contribution in [3.05, 3.63) is 64.7 Å². The second-order valence-electron chi connectivity index (χ2n) is 6.32. The Morgan fingerprint density at radius 1 is 1.00 bits per heavy atom. The summed E-state index contributed by atoms with van der Waals surface area (Å²) in [5.74, 6) is -0.0573. The van der Waals surface area contributed by atoms with Crippen molar-refractivity contribution < 1.29 is 13.2 Å². The van der Waals surface area contributed by atoms with E-state index in [2.05, 4.69) is 10.0 Å². The molecule has 0 fully saturated rings. The predicted octanol–water partition coefficient (Wildman–Crippen LogP) is 3.28. The molecule has 0 saturated carbocycles. The minimum Gasteiger partial charge on any atom is -0.352 e. The number of sulfonamides is 1. The topological polar surface area (TPSA) is 75.3 Å². The van der Waals surface area contributed by atoms with Crippen LogP contribution in [0.25, 0.3) is 0 Å². The summed E-state index contributed by atoms with van der Waals surface area (Å²) in [6.45, 7) is 4.00. The summed E-state index contributed by atoms with van der Waals surface area (Å²) in [5.41, 5.74) is 1.89. The molecule has 0 bridgehead atoms. The number of hydrogen-bond donors (Lipinski definition) is 2. The molecule has 0 aromatic heterocycles. The summed E-state index contributed by atoms with van der Waals surface area (Å²) in [6.07, 6.45) is 0.883. The van der Waals surface area contributed by atoms with Gasteiger partial charge in [-0.15, -0.1) is 0 Å². The second kappa shape index (κ2) is 9.16. The van der Waals surface area contributed by atoms with Crippen molar-refractivity contribution in [1.29, 1.82) is 0 Å². The van der Waals surface area contributed by atoms with Crippen molar-refractivity contribution in [2.24, 2.45) is 0 Å². The van der Waals surface area contributed by atoms with Gasteiger partial charge in [0, 0.05) is 24.0 Å². The maximum atomic E-state index is 12.1. The van der Waals surface area contributed by atoms with Crippen LogP contribution in [0.3, 0.4) is 0 Å². The molecule has 1 amide bonds. The average molecular weight is 395 g/mol. The van der Waals surface area contributed by atoms with E-state index in [1.807, 2.05) is 12.1 Å². The monoisotopic (exact) mass is 394 g/mol. The number of aryl methyl sites for hydroxylation is 1. The van der Waals surface area contributed by atoms with Gasteiger partial charge in [-0.1, -0.05) is 35.9 Å². The maximum absolute atomic E-state index is 12.1. The van der Waals surface area contributed by atoms with Gasteiger partial charge in [0.05, 0.1) is 4.90 Å². The van der Waals surface area contributed by atoms with Crippen molar-refractivity contribution in [3.63, 3.8) is 0 Å². The van der Waals surface area contributed by atoms with Crippen molar-refractivity contribution in [2.45, 2.75) is 44.2 Å². The molecule has 0 aliphatic carbocycles. The van der Waals surface area contributed by atoms with Gasteiger partial charge in [-0.25, -0.2) is 13.1 Å². The van der Waals surface area contributed by atoms with E-state index in [0.717, 1.165) is 11.1 Å². The largest absolute Gasteiger partial charge is 0.352 e. The molecular weight excluding hydrogens is 372 g/mol. The molecule has 0 unspecified atom stereocenters. The number of hydrogen-bond acceptors (Lipinski definition) is 3. The van der Waals surface area contributed by atoms with E-state index >= 15 is 0 Å². The Hall–Kier alpha value is -1.89. The van der Waals surface area contributed by atoms with Crippen LogP contribution in [0.4, 0.5) is 0 Å². The molecule has 2 aromatic carbocycles. The van der Waals surface area contributed by atoms with E-state index in [9.17, 15) is 13.2 Å². The number of amides is 1. The van der Waals surface area contributed by atoms with Crippen molar-refractivity contribution in [3.8, 4) is 0 Å². The summed E-state index contributed by atoms with van der Waals surface area (Å²) in [5, 5.41) is 3.52. The Morgan fingerprint density at radius 3 is 2.15 bits per heavy atom. The van der Waals surface area contributed by atoms with E-state index in [1.165, 1.54) is 0 Å². The standard InChI is InChI=1S/C19H23ClN2O3S/c1-14(2)22-26(24,25)18-10-5-15(6-11-18)7-12-19(23)21-13-16-3-8-17(20)9-4-16/h3-6,8-11,14,22H,7,12-13H2,1-2H3,(H,21,23). The molecule has 0 saturated heterocycles. The van der Waals surface area contributed by atoms with Gasteiger partial charge in [-0.2, -0.15) is 0 Å². The molecule has 140 valence electrons. The van der Waals surface area contributed by atoms with Crippen LogP contribution in [-0.2, 0) is 27.8 Å². The van der Waals surface area contributed by atoms with Gasteiger partial charge in [0.25, 0.3) is 0 Å². The van der Waals surface area contributed by atoms with Gasteiger partial charge in [-0.05, 0) is 55.7 Å². The predicted molar refractivity (Wildman–Crippen MR) is 104 cm³/mol.